The lowest BCUT2D eigenvalue weighted by Gasteiger charge is -2.15. The third-order valence-electron chi connectivity index (χ3n) is 4.07. The molecule has 1 rings (SSSR count). The van der Waals surface area contributed by atoms with Crippen LogP contribution in [0.25, 0.3) is 0 Å². The van der Waals surface area contributed by atoms with Crippen LogP contribution in [0.3, 0.4) is 0 Å². The van der Waals surface area contributed by atoms with E-state index in [1.165, 1.54) is 19.3 Å². The maximum atomic E-state index is 12.1. The fourth-order valence-corrected chi connectivity index (χ4v) is 2.61. The molecule has 1 aromatic rings. The van der Waals surface area contributed by atoms with E-state index in [0.717, 1.165) is 38.1 Å². The van der Waals surface area contributed by atoms with Gasteiger partial charge in [0.2, 0.25) is 5.91 Å². The quantitative estimate of drug-likeness (QED) is 0.366. The Morgan fingerprint density at radius 2 is 1.79 bits per heavy atom. The molecule has 8 nitrogen and oxygen atoms in total. The largest absolute Gasteiger partial charge is 0.473 e. The van der Waals surface area contributed by atoms with Gasteiger partial charge in [-0.2, -0.15) is 0 Å². The number of carboxylic acids is 2. The fourth-order valence-electron chi connectivity index (χ4n) is 2.61. The maximum Gasteiger partial charge on any atom is 0.414 e. The molecule has 0 radical (unpaired) electrons. The van der Waals surface area contributed by atoms with E-state index in [-0.39, 0.29) is 11.8 Å². The smallest absolute Gasteiger partial charge is 0.414 e. The molecule has 1 amide bonds. The third kappa shape index (κ3) is 13.8. The summed E-state index contributed by atoms with van der Waals surface area (Å²) >= 11 is 0. The Hall–Kier alpha value is -2.35. The number of nitrogens with zero attached hydrogens (tertiary/aromatic N) is 1. The molecule has 0 saturated carbocycles. The summed E-state index contributed by atoms with van der Waals surface area (Å²) in [5, 5.41) is 17.8. The average molecular weight is 399 g/mol. The van der Waals surface area contributed by atoms with Crippen LogP contribution in [-0.4, -0.2) is 60.1 Å². The number of hydrogen-bond donors (Lipinski definition) is 3. The molecule has 0 aliphatic heterocycles. The highest BCUT2D eigenvalue weighted by Gasteiger charge is 2.18. The van der Waals surface area contributed by atoms with Gasteiger partial charge in [-0.1, -0.05) is 32.6 Å². The van der Waals surface area contributed by atoms with Crippen LogP contribution in [0.2, 0.25) is 0 Å². The van der Waals surface area contributed by atoms with E-state index in [4.69, 9.17) is 24.2 Å². The summed E-state index contributed by atoms with van der Waals surface area (Å²) in [6.07, 6.45) is 9.13. The number of carbonyl (C=O) groups is 3. The van der Waals surface area contributed by atoms with Crippen molar-refractivity contribution in [1.29, 1.82) is 0 Å². The molecule has 8 heteroatoms. The number of carbonyl (C=O) groups excluding carboxylic acids is 1. The second kappa shape index (κ2) is 15.7. The van der Waals surface area contributed by atoms with Gasteiger partial charge in [0.25, 0.3) is 0 Å². The molecule has 0 bridgehead atoms. The summed E-state index contributed by atoms with van der Waals surface area (Å²) in [4.78, 5) is 32.4. The predicted molar refractivity (Wildman–Crippen MR) is 106 cm³/mol. The molecule has 1 heterocycles. The Bertz CT molecular complexity index is 545. The van der Waals surface area contributed by atoms with Gasteiger partial charge in [0, 0.05) is 18.9 Å². The van der Waals surface area contributed by atoms with Crippen molar-refractivity contribution in [3.8, 4) is 0 Å². The first kappa shape index (κ1) is 25.6. The minimum absolute atomic E-state index is 0.135. The Labute approximate surface area is 166 Å². The van der Waals surface area contributed by atoms with Crippen molar-refractivity contribution in [1.82, 2.24) is 10.2 Å². The van der Waals surface area contributed by atoms with Gasteiger partial charge in [0.05, 0.1) is 6.26 Å². The summed E-state index contributed by atoms with van der Waals surface area (Å²) in [5.74, 6) is -2.36. The van der Waals surface area contributed by atoms with E-state index in [9.17, 15) is 4.79 Å². The summed E-state index contributed by atoms with van der Waals surface area (Å²) in [6.45, 7) is 3.96. The van der Waals surface area contributed by atoms with Crippen molar-refractivity contribution < 1.29 is 29.0 Å². The summed E-state index contributed by atoms with van der Waals surface area (Å²) in [7, 11) is 4.09. The molecular weight excluding hydrogens is 364 g/mol. The molecule has 0 aromatic carbocycles. The zero-order chi connectivity index (χ0) is 21.4. The number of rotatable bonds is 12. The van der Waals surface area contributed by atoms with E-state index in [2.05, 4.69) is 17.1 Å². The highest BCUT2D eigenvalue weighted by molar-refractivity contribution is 6.27. The zero-order valence-electron chi connectivity index (χ0n) is 17.1. The number of amides is 1. The lowest BCUT2D eigenvalue weighted by molar-refractivity contribution is -0.159. The molecule has 0 spiro atoms. The Morgan fingerprint density at radius 1 is 1.11 bits per heavy atom. The monoisotopic (exact) mass is 398 g/mol. The van der Waals surface area contributed by atoms with Gasteiger partial charge in [-0.25, -0.2) is 9.59 Å². The molecule has 0 aliphatic carbocycles. The summed E-state index contributed by atoms with van der Waals surface area (Å²) in [5.41, 5.74) is 0. The average Bonchev–Trinajstić information content (AvgIpc) is 3.16. The number of furan rings is 1. The molecule has 0 aliphatic rings. The first-order valence-electron chi connectivity index (χ1n) is 9.68. The summed E-state index contributed by atoms with van der Waals surface area (Å²) in [6, 6.07) is 3.90. The zero-order valence-corrected chi connectivity index (χ0v) is 17.1. The number of carboxylic acid groups (broad SMARTS) is 2. The molecule has 28 heavy (non-hydrogen) atoms. The topological polar surface area (TPSA) is 120 Å². The molecular formula is C20H34N2O6. The minimum Gasteiger partial charge on any atom is -0.473 e. The van der Waals surface area contributed by atoms with Gasteiger partial charge < -0.3 is 24.8 Å². The molecule has 160 valence electrons. The molecule has 0 fully saturated rings. The minimum atomic E-state index is -1.82. The van der Waals surface area contributed by atoms with Crippen molar-refractivity contribution in [3.05, 3.63) is 24.2 Å². The molecule has 3 N–H and O–H groups in total. The standard InChI is InChI=1S/C18H32N2O2.C2H2O4/c1-4-5-6-7-10-16(17-11-8-14-22-17)15-18(21)19-12-9-13-20(2)3;3-1(4)2(5)6/h8,11,14,16H,4-7,9-10,12-13,15H2,1-3H3,(H,19,21);(H,3,4)(H,5,6). The number of hydrogen-bond acceptors (Lipinski definition) is 5. The van der Waals surface area contributed by atoms with Crippen LogP contribution in [0.5, 0.6) is 0 Å². The van der Waals surface area contributed by atoms with Crippen LogP contribution in [0.15, 0.2) is 22.8 Å². The SMILES string of the molecule is CCCCCCC(CC(=O)NCCCN(C)C)c1ccco1.O=C(O)C(=O)O. The van der Waals surface area contributed by atoms with Crippen LogP contribution >= 0.6 is 0 Å². The van der Waals surface area contributed by atoms with Crippen LogP contribution in [0.4, 0.5) is 0 Å². The first-order valence-corrected chi connectivity index (χ1v) is 9.68. The van der Waals surface area contributed by atoms with E-state index in [1.807, 2.05) is 26.2 Å². The number of aliphatic carboxylic acids is 2. The van der Waals surface area contributed by atoms with Gasteiger partial charge in [0.15, 0.2) is 0 Å². The van der Waals surface area contributed by atoms with Gasteiger partial charge in [-0.15, -0.1) is 0 Å². The lowest BCUT2D eigenvalue weighted by Crippen LogP contribution is -2.28. The van der Waals surface area contributed by atoms with Crippen LogP contribution in [0.1, 0.15) is 63.5 Å². The summed E-state index contributed by atoms with van der Waals surface area (Å²) < 4.78 is 5.52. The van der Waals surface area contributed by atoms with E-state index >= 15 is 0 Å². The molecule has 1 aromatic heterocycles. The Morgan fingerprint density at radius 3 is 2.29 bits per heavy atom. The first-order chi connectivity index (χ1) is 13.3. The highest BCUT2D eigenvalue weighted by atomic mass is 16.4. The van der Waals surface area contributed by atoms with E-state index in [1.54, 1.807) is 6.26 Å². The van der Waals surface area contributed by atoms with Gasteiger partial charge in [-0.3, -0.25) is 4.79 Å². The Balaban J connectivity index is 0.00000105. The molecule has 1 atom stereocenters. The number of unbranched alkanes of at least 4 members (excludes halogenated alkanes) is 3. The fraction of sp³-hybridized carbons (Fsp3) is 0.650. The van der Waals surface area contributed by atoms with E-state index < -0.39 is 11.9 Å². The third-order valence-corrected chi connectivity index (χ3v) is 4.07. The second-order valence-corrected chi connectivity index (χ2v) is 6.88. The van der Waals surface area contributed by atoms with Crippen molar-refractivity contribution in [2.75, 3.05) is 27.2 Å². The molecule has 1 unspecified atom stereocenters. The van der Waals surface area contributed by atoms with Gasteiger partial charge >= 0.3 is 11.9 Å². The van der Waals surface area contributed by atoms with Crippen LogP contribution in [0, 0.1) is 0 Å². The van der Waals surface area contributed by atoms with Crippen molar-refractivity contribution >= 4 is 17.8 Å². The van der Waals surface area contributed by atoms with Crippen molar-refractivity contribution in [2.24, 2.45) is 0 Å². The maximum absolute atomic E-state index is 12.1. The van der Waals surface area contributed by atoms with Gasteiger partial charge in [-0.05, 0) is 45.6 Å². The molecule has 0 saturated heterocycles. The normalized spacial score (nSPS) is 11.4. The highest BCUT2D eigenvalue weighted by Crippen LogP contribution is 2.26. The van der Waals surface area contributed by atoms with E-state index in [0.29, 0.717) is 6.42 Å². The Kier molecular flexibility index (Phi) is 14.4. The van der Waals surface area contributed by atoms with Gasteiger partial charge in [0.1, 0.15) is 5.76 Å². The van der Waals surface area contributed by atoms with Crippen LogP contribution in [-0.2, 0) is 14.4 Å². The predicted octanol–water partition coefficient (Wildman–Crippen LogP) is 2.95. The van der Waals surface area contributed by atoms with Crippen LogP contribution < -0.4 is 5.32 Å². The lowest BCUT2D eigenvalue weighted by atomic mass is 9.94. The second-order valence-electron chi connectivity index (χ2n) is 6.88. The number of nitrogens with one attached hydrogen (secondary N) is 1. The van der Waals surface area contributed by atoms with Crippen molar-refractivity contribution in [2.45, 2.75) is 57.8 Å². The van der Waals surface area contributed by atoms with Crippen molar-refractivity contribution in [3.63, 3.8) is 0 Å².